The maximum atomic E-state index is 15.0. The number of H-pyrrole nitrogens is 3. The molecule has 0 unspecified atom stereocenters. The fourth-order valence-electron chi connectivity index (χ4n) is 10.8. The molecule has 1 fully saturated rings. The molecule has 0 aliphatic carbocycles. The lowest BCUT2D eigenvalue weighted by Gasteiger charge is -2.31. The highest BCUT2D eigenvalue weighted by Gasteiger charge is 2.42. The summed E-state index contributed by atoms with van der Waals surface area (Å²) in [4.78, 5) is 159. The molecular formula is C62H81N17O13. The standard InChI is InChI=1S/C62H81N17O13/c1-4-32(2)51(64)58(88)78-52(33(3)80)59(89)76-46(25-36-29-70-42-14-8-6-12-40(36)42)55(85)77-48(27-50(63)82)60(90)79-22-10-16-49(79)57(87)75-47(26-37-30-67-31-71-37)56(86)74-45(24-35-28-69-41-13-7-5-11-39(35)41)54(84)73-44(23-34-17-19-38(81)20-18-34)53(83)72-43(61(91)92)15-9-21-68-62(65)66/h5-8,11-14,17-20,28-33,43-49,51-52,69-70,80-81H,4,9-10,15-16,21-27,64H2,1-3H3,(H2,63,82)(H,67,71)(H,72,83)(H,73,84)(H,74,86)(H,75,87)(H,76,89)(H,77,85)(H,78,88)(H,91,92)(H4,65,66,68)/t32-,33+,43-,44-,45-,46-,47-,48-,49-,51-,52-/m0/s1. The number of guanidine groups is 1. The SMILES string of the molecule is CC[C@H](C)[C@H](N)C(=O)N[C@H](C(=O)N[C@@H](Cc1c[nH]c2ccccc12)C(=O)N[C@@H](CC(N)=O)C(=O)N1CCC[C@H]1C(=O)N[C@@H](Cc1cnc[nH]1)C(=O)N[C@@H](Cc1c[nH]c2ccccc12)C(=O)N[C@@H](Cc1ccc(O)cc1)C(=O)N[C@@H](CCCN=C(N)N)C(=O)O)[C@@H](C)O. The first-order valence-electron chi connectivity index (χ1n) is 30.2. The molecule has 92 heavy (non-hydrogen) atoms. The Balaban J connectivity index is 1.14. The minimum absolute atomic E-state index is 0.0364. The number of phenolic OH excluding ortho intramolecular Hbond substituents is 1. The number of aromatic nitrogens is 4. The molecule has 0 spiro atoms. The van der Waals surface area contributed by atoms with Crippen LogP contribution < -0.4 is 60.2 Å². The molecule has 11 atom stereocenters. The number of aromatic hydroxyl groups is 1. The Morgan fingerprint density at radius 3 is 1.72 bits per heavy atom. The topological polar surface area (TPSA) is 496 Å². The number of carbonyl (C=O) groups is 10. The zero-order chi connectivity index (χ0) is 66.8. The Bertz CT molecular complexity index is 3600. The zero-order valence-electron chi connectivity index (χ0n) is 51.1. The summed E-state index contributed by atoms with van der Waals surface area (Å²) < 4.78 is 0. The number of rotatable bonds is 33. The van der Waals surface area contributed by atoms with Crippen molar-refractivity contribution in [3.63, 3.8) is 0 Å². The van der Waals surface area contributed by atoms with Crippen molar-refractivity contribution in [3.8, 4) is 5.75 Å². The summed E-state index contributed by atoms with van der Waals surface area (Å²) in [6.07, 6.45) is 3.74. The van der Waals surface area contributed by atoms with Crippen molar-refractivity contribution in [3.05, 3.63) is 120 Å². The van der Waals surface area contributed by atoms with Crippen LogP contribution in [0.4, 0.5) is 0 Å². The minimum atomic E-state index is -1.73. The fraction of sp³-hybridized carbons (Fsp3) is 0.419. The number of nitrogens with zero attached hydrogens (tertiary/aromatic N) is 3. The maximum Gasteiger partial charge on any atom is 0.326 e. The van der Waals surface area contributed by atoms with Crippen molar-refractivity contribution in [2.45, 2.75) is 145 Å². The summed E-state index contributed by atoms with van der Waals surface area (Å²) >= 11 is 0. The van der Waals surface area contributed by atoms with Crippen LogP contribution in [0, 0.1) is 5.92 Å². The Labute approximate surface area is 528 Å². The summed E-state index contributed by atoms with van der Waals surface area (Å²) in [6.45, 7) is 4.83. The summed E-state index contributed by atoms with van der Waals surface area (Å²) in [5.41, 5.74) is 26.0. The number of nitrogens with two attached hydrogens (primary N) is 4. The van der Waals surface area contributed by atoms with E-state index in [1.807, 2.05) is 6.92 Å². The van der Waals surface area contributed by atoms with Gasteiger partial charge in [0.1, 0.15) is 54.1 Å². The average molecular weight is 1270 g/mol. The van der Waals surface area contributed by atoms with E-state index in [0.717, 1.165) is 4.90 Å². The number of carbonyl (C=O) groups excluding carboxylic acids is 9. The van der Waals surface area contributed by atoms with Gasteiger partial charge in [-0.15, -0.1) is 0 Å². The van der Waals surface area contributed by atoms with E-state index >= 15 is 0 Å². The number of primary amides is 1. The van der Waals surface area contributed by atoms with Crippen molar-refractivity contribution in [1.29, 1.82) is 0 Å². The fourth-order valence-corrected chi connectivity index (χ4v) is 10.8. The second-order valence-corrected chi connectivity index (χ2v) is 22.9. The number of phenols is 1. The lowest BCUT2D eigenvalue weighted by Crippen LogP contribution is -2.62. The summed E-state index contributed by atoms with van der Waals surface area (Å²) in [7, 11) is 0. The normalized spacial score (nSPS) is 16.2. The van der Waals surface area contributed by atoms with Crippen LogP contribution in [0.25, 0.3) is 21.8 Å². The number of aliphatic hydroxyl groups excluding tert-OH is 1. The van der Waals surface area contributed by atoms with Gasteiger partial charge in [-0.05, 0) is 79.5 Å². The first-order valence-corrected chi connectivity index (χ1v) is 30.2. The number of likely N-dealkylation sites (tertiary alicyclic amines) is 1. The van der Waals surface area contributed by atoms with Gasteiger partial charge in [-0.3, -0.25) is 48.1 Å². The van der Waals surface area contributed by atoms with Crippen LogP contribution >= 0.6 is 0 Å². The molecule has 492 valence electrons. The summed E-state index contributed by atoms with van der Waals surface area (Å²) in [5, 5.41) is 50.7. The van der Waals surface area contributed by atoms with Crippen molar-refractivity contribution in [2.24, 2.45) is 33.8 Å². The number of imidazole rings is 1. The van der Waals surface area contributed by atoms with E-state index in [1.165, 1.54) is 43.7 Å². The lowest BCUT2D eigenvalue weighted by atomic mass is 9.98. The number of aromatic amines is 3. The second kappa shape index (κ2) is 32.4. The molecule has 4 heterocycles. The van der Waals surface area contributed by atoms with Gasteiger partial charge in [-0.1, -0.05) is 68.8 Å². The van der Waals surface area contributed by atoms with Crippen LogP contribution in [0.2, 0.25) is 0 Å². The molecule has 30 nitrogen and oxygen atoms in total. The molecule has 1 aliphatic heterocycles. The van der Waals surface area contributed by atoms with E-state index in [9.17, 15) is 63.3 Å². The van der Waals surface area contributed by atoms with Gasteiger partial charge < -0.3 is 95.3 Å². The second-order valence-electron chi connectivity index (χ2n) is 22.9. The number of amides is 9. The van der Waals surface area contributed by atoms with Gasteiger partial charge in [0, 0.05) is 84.9 Å². The van der Waals surface area contributed by atoms with Crippen LogP contribution in [0.3, 0.4) is 0 Å². The minimum Gasteiger partial charge on any atom is -0.508 e. The van der Waals surface area contributed by atoms with E-state index in [2.05, 4.69) is 62.1 Å². The number of aliphatic hydroxyl groups is 1. The first-order chi connectivity index (χ1) is 43.9. The molecule has 7 rings (SSSR count). The molecule has 3 aromatic carbocycles. The molecule has 21 N–H and O–H groups in total. The van der Waals surface area contributed by atoms with Gasteiger partial charge in [0.2, 0.25) is 53.2 Å². The predicted octanol–water partition coefficient (Wildman–Crippen LogP) is -1.50. The number of para-hydroxylation sites is 2. The van der Waals surface area contributed by atoms with E-state index in [4.69, 9.17) is 22.9 Å². The third-order valence-corrected chi connectivity index (χ3v) is 16.1. The molecule has 0 bridgehead atoms. The molecule has 30 heteroatoms. The van der Waals surface area contributed by atoms with E-state index in [1.54, 1.807) is 67.8 Å². The van der Waals surface area contributed by atoms with E-state index in [-0.39, 0.29) is 82.1 Å². The van der Waals surface area contributed by atoms with Crippen molar-refractivity contribution >= 4 is 86.9 Å². The quantitative estimate of drug-likeness (QED) is 0.0127. The van der Waals surface area contributed by atoms with E-state index in [0.29, 0.717) is 50.6 Å². The Hall–Kier alpha value is -10.4. The van der Waals surface area contributed by atoms with Crippen LogP contribution in [0.15, 0.2) is 103 Å². The molecule has 1 saturated heterocycles. The summed E-state index contributed by atoms with van der Waals surface area (Å²) in [5.74, 6) is -10.2. The van der Waals surface area contributed by atoms with Crippen LogP contribution in [-0.4, -0.2) is 179 Å². The highest BCUT2D eigenvalue weighted by atomic mass is 16.4. The Morgan fingerprint density at radius 2 is 1.20 bits per heavy atom. The number of hydrogen-bond donors (Lipinski definition) is 17. The van der Waals surface area contributed by atoms with E-state index < -0.39 is 126 Å². The van der Waals surface area contributed by atoms with Crippen LogP contribution in [-0.2, 0) is 73.6 Å². The first kappa shape index (κ1) is 69.1. The van der Waals surface area contributed by atoms with Crippen molar-refractivity contribution in [1.82, 2.24) is 62.1 Å². The van der Waals surface area contributed by atoms with Crippen LogP contribution in [0.1, 0.15) is 81.7 Å². The number of fused-ring (bicyclic) bond motifs is 2. The van der Waals surface area contributed by atoms with Crippen LogP contribution in [0.5, 0.6) is 5.75 Å². The van der Waals surface area contributed by atoms with Gasteiger partial charge in [-0.2, -0.15) is 0 Å². The molecule has 6 aromatic rings. The predicted molar refractivity (Wildman–Crippen MR) is 337 cm³/mol. The molecule has 0 radical (unpaired) electrons. The molecule has 1 aliphatic rings. The Morgan fingerprint density at radius 1 is 0.663 bits per heavy atom. The third kappa shape index (κ3) is 18.9. The molecular weight excluding hydrogens is 1190 g/mol. The molecule has 0 saturated carbocycles. The third-order valence-electron chi connectivity index (χ3n) is 16.1. The number of aliphatic carboxylic acids is 1. The maximum absolute atomic E-state index is 15.0. The molecule has 3 aromatic heterocycles. The average Bonchev–Trinajstić information content (AvgIpc) is 1.64. The highest BCUT2D eigenvalue weighted by molar-refractivity contribution is 6.00. The van der Waals surface area contributed by atoms with Gasteiger partial charge >= 0.3 is 5.97 Å². The monoisotopic (exact) mass is 1270 g/mol. The lowest BCUT2D eigenvalue weighted by molar-refractivity contribution is -0.143. The smallest absolute Gasteiger partial charge is 0.326 e. The van der Waals surface area contributed by atoms with Gasteiger partial charge in [0.05, 0.1) is 24.9 Å². The van der Waals surface area contributed by atoms with Gasteiger partial charge in [0.25, 0.3) is 0 Å². The Kier molecular flexibility index (Phi) is 24.3. The number of nitrogens with one attached hydrogen (secondary N) is 10. The largest absolute Gasteiger partial charge is 0.508 e. The van der Waals surface area contributed by atoms with Crippen molar-refractivity contribution in [2.75, 3.05) is 13.1 Å². The number of aliphatic imine (C=N–C) groups is 1. The van der Waals surface area contributed by atoms with Gasteiger partial charge in [0.15, 0.2) is 5.96 Å². The zero-order valence-corrected chi connectivity index (χ0v) is 51.1. The summed E-state index contributed by atoms with van der Waals surface area (Å²) in [6, 6.07) is 6.83. The van der Waals surface area contributed by atoms with Gasteiger partial charge in [-0.25, -0.2) is 9.78 Å². The number of benzene rings is 3. The number of carboxylic acid groups (broad SMARTS) is 1. The molecule has 9 amide bonds. The number of hydrogen-bond acceptors (Lipinski definition) is 15. The number of carboxylic acids is 1. The highest BCUT2D eigenvalue weighted by Crippen LogP contribution is 2.24. The van der Waals surface area contributed by atoms with Crippen molar-refractivity contribution < 1.29 is 63.3 Å².